The molecule has 0 amide bonds. The third-order valence-electron chi connectivity index (χ3n) is 4.59. The predicted octanol–water partition coefficient (Wildman–Crippen LogP) is 4.33. The van der Waals surface area contributed by atoms with Crippen molar-refractivity contribution in [3.63, 3.8) is 0 Å². The zero-order chi connectivity index (χ0) is 17.4. The Morgan fingerprint density at radius 1 is 1.04 bits per heavy atom. The van der Waals surface area contributed by atoms with E-state index in [2.05, 4.69) is 0 Å². The number of fused-ring (bicyclic) bond motifs is 3. The van der Waals surface area contributed by atoms with Gasteiger partial charge in [-0.15, -0.1) is 0 Å². The fraction of sp³-hybridized carbons (Fsp3) is 0.143. The van der Waals surface area contributed by atoms with E-state index in [9.17, 15) is 14.0 Å². The van der Waals surface area contributed by atoms with Crippen LogP contribution in [0.5, 0.6) is 5.75 Å². The molecule has 25 heavy (non-hydrogen) atoms. The van der Waals surface area contributed by atoms with Gasteiger partial charge in [0.25, 0.3) is 0 Å². The molecule has 1 aliphatic heterocycles. The second kappa shape index (κ2) is 6.13. The number of ketones is 1. The molecule has 0 unspecified atom stereocenters. The maximum Gasteiger partial charge on any atom is 0.315 e. The maximum atomic E-state index is 13.0. The number of carbonyl (C=O) groups excluding carboxylic acids is 2. The van der Waals surface area contributed by atoms with Crippen molar-refractivity contribution >= 4 is 22.5 Å². The number of carbonyl (C=O) groups is 2. The number of hydrogen-bond acceptors (Lipinski definition) is 3. The van der Waals surface area contributed by atoms with Crippen LogP contribution in [0.4, 0.5) is 4.39 Å². The minimum absolute atomic E-state index is 0.0487. The second-order valence-electron chi connectivity index (χ2n) is 6.22. The van der Waals surface area contributed by atoms with Gasteiger partial charge in [-0.25, -0.2) is 4.39 Å². The van der Waals surface area contributed by atoms with Crippen LogP contribution in [0.15, 0.2) is 60.7 Å². The molecule has 4 heteroatoms. The highest BCUT2D eigenvalue weighted by molar-refractivity contribution is 5.99. The normalized spacial score (nSPS) is 16.4. The summed E-state index contributed by atoms with van der Waals surface area (Å²) in [5.41, 5.74) is 1.35. The highest BCUT2D eigenvalue weighted by atomic mass is 19.1. The van der Waals surface area contributed by atoms with Crippen molar-refractivity contribution in [2.45, 2.75) is 12.8 Å². The van der Waals surface area contributed by atoms with Gasteiger partial charge in [-0.3, -0.25) is 9.59 Å². The summed E-state index contributed by atoms with van der Waals surface area (Å²) < 4.78 is 18.5. The summed E-state index contributed by atoms with van der Waals surface area (Å²) in [7, 11) is 0. The summed E-state index contributed by atoms with van der Waals surface area (Å²) in [4.78, 5) is 24.7. The Bertz CT molecular complexity index is 976. The monoisotopic (exact) mass is 334 g/mol. The molecule has 0 saturated carbocycles. The van der Waals surface area contributed by atoms with E-state index in [4.69, 9.17) is 4.74 Å². The van der Waals surface area contributed by atoms with Gasteiger partial charge in [0, 0.05) is 17.5 Å². The fourth-order valence-electron chi connectivity index (χ4n) is 3.28. The summed E-state index contributed by atoms with van der Waals surface area (Å²) in [6, 6.07) is 17.0. The van der Waals surface area contributed by atoms with Gasteiger partial charge in [0.05, 0.1) is 5.92 Å². The number of rotatable bonds is 3. The zero-order valence-electron chi connectivity index (χ0n) is 13.4. The van der Waals surface area contributed by atoms with E-state index in [1.165, 1.54) is 24.3 Å². The van der Waals surface area contributed by atoms with Crippen molar-refractivity contribution in [2.24, 2.45) is 5.92 Å². The average molecular weight is 334 g/mol. The van der Waals surface area contributed by atoms with E-state index in [0.717, 1.165) is 16.3 Å². The van der Waals surface area contributed by atoms with Crippen LogP contribution >= 0.6 is 0 Å². The third-order valence-corrected chi connectivity index (χ3v) is 4.59. The maximum absolute atomic E-state index is 13.0. The molecule has 1 heterocycles. The topological polar surface area (TPSA) is 43.4 Å². The van der Waals surface area contributed by atoms with Crippen LogP contribution < -0.4 is 4.74 Å². The van der Waals surface area contributed by atoms with Crippen molar-refractivity contribution in [1.82, 2.24) is 0 Å². The molecule has 0 bridgehead atoms. The molecule has 4 rings (SSSR count). The predicted molar refractivity (Wildman–Crippen MR) is 92.1 cm³/mol. The molecular formula is C21H15FO3. The Balaban J connectivity index is 1.62. The van der Waals surface area contributed by atoms with E-state index in [-0.39, 0.29) is 12.2 Å². The number of Topliss-reactive ketones (excluding diaryl/α,β-unsaturated/α-hetero) is 1. The molecule has 0 aliphatic carbocycles. The van der Waals surface area contributed by atoms with Gasteiger partial charge in [0.2, 0.25) is 0 Å². The number of halogens is 1. The largest absolute Gasteiger partial charge is 0.426 e. The van der Waals surface area contributed by atoms with Crippen molar-refractivity contribution in [3.05, 3.63) is 77.6 Å². The Morgan fingerprint density at radius 3 is 2.60 bits per heavy atom. The van der Waals surface area contributed by atoms with Crippen LogP contribution in [0.25, 0.3) is 10.8 Å². The average Bonchev–Trinajstić information content (AvgIpc) is 2.63. The number of ether oxygens (including phenoxy) is 1. The summed E-state index contributed by atoms with van der Waals surface area (Å²) in [5, 5.41) is 2.11. The molecule has 0 fully saturated rings. The molecule has 3 aromatic rings. The molecule has 0 spiro atoms. The van der Waals surface area contributed by atoms with Crippen LogP contribution in [0, 0.1) is 11.7 Å². The van der Waals surface area contributed by atoms with Gasteiger partial charge >= 0.3 is 5.97 Å². The Kier molecular flexibility index (Phi) is 3.80. The number of benzene rings is 3. The second-order valence-corrected chi connectivity index (χ2v) is 6.22. The Labute approximate surface area is 144 Å². The minimum Gasteiger partial charge on any atom is -0.426 e. The van der Waals surface area contributed by atoms with Crippen molar-refractivity contribution < 1.29 is 18.7 Å². The minimum atomic E-state index is -0.532. The molecule has 0 saturated heterocycles. The van der Waals surface area contributed by atoms with Gasteiger partial charge in [-0.2, -0.15) is 0 Å². The summed E-state index contributed by atoms with van der Waals surface area (Å²) in [6.45, 7) is 0. The van der Waals surface area contributed by atoms with Gasteiger partial charge in [0.1, 0.15) is 11.6 Å². The Hall–Kier alpha value is -3.01. The van der Waals surface area contributed by atoms with E-state index in [0.29, 0.717) is 17.7 Å². The molecular weight excluding hydrogens is 319 g/mol. The van der Waals surface area contributed by atoms with Crippen LogP contribution in [0.1, 0.15) is 22.3 Å². The lowest BCUT2D eigenvalue weighted by atomic mass is 9.88. The third kappa shape index (κ3) is 2.91. The molecule has 1 aliphatic rings. The quantitative estimate of drug-likeness (QED) is 0.407. The molecule has 3 nitrogen and oxygen atoms in total. The SMILES string of the molecule is O=C(C[C@H]1Cc2c(ccc3ccccc23)OC1=O)c1ccc(F)cc1. The standard InChI is InChI=1S/C21H15FO3/c22-16-8-5-14(6-9-16)19(23)12-15-11-18-17-4-2-1-3-13(17)7-10-20(18)25-21(15)24/h1-10,15H,11-12H2/t15-/m1/s1. The summed E-state index contributed by atoms with van der Waals surface area (Å²) >= 11 is 0. The highest BCUT2D eigenvalue weighted by Crippen LogP contribution is 2.35. The van der Waals surface area contributed by atoms with Crippen LogP contribution in [0.3, 0.4) is 0 Å². The number of esters is 1. The lowest BCUT2D eigenvalue weighted by Gasteiger charge is -2.24. The van der Waals surface area contributed by atoms with Gasteiger partial charge in [-0.1, -0.05) is 30.3 Å². The van der Waals surface area contributed by atoms with Crippen molar-refractivity contribution in [1.29, 1.82) is 0 Å². The molecule has 124 valence electrons. The molecule has 0 N–H and O–H groups in total. The van der Waals surface area contributed by atoms with Gasteiger partial charge in [-0.05, 0) is 47.5 Å². The van der Waals surface area contributed by atoms with Gasteiger partial charge < -0.3 is 4.74 Å². The van der Waals surface area contributed by atoms with Crippen LogP contribution in [0.2, 0.25) is 0 Å². The first-order chi connectivity index (χ1) is 12.1. The van der Waals surface area contributed by atoms with E-state index < -0.39 is 17.7 Å². The molecule has 0 aromatic heterocycles. The van der Waals surface area contributed by atoms with Gasteiger partial charge in [0.15, 0.2) is 5.78 Å². The van der Waals surface area contributed by atoms with Crippen molar-refractivity contribution in [3.8, 4) is 5.75 Å². The van der Waals surface area contributed by atoms with Crippen LogP contribution in [-0.2, 0) is 11.2 Å². The van der Waals surface area contributed by atoms with E-state index in [1.807, 2.05) is 30.3 Å². The summed E-state index contributed by atoms with van der Waals surface area (Å²) in [6.07, 6.45) is 0.510. The highest BCUT2D eigenvalue weighted by Gasteiger charge is 2.31. The zero-order valence-corrected chi connectivity index (χ0v) is 13.4. The first-order valence-electron chi connectivity index (χ1n) is 8.13. The van der Waals surface area contributed by atoms with Crippen LogP contribution in [-0.4, -0.2) is 11.8 Å². The first-order valence-corrected chi connectivity index (χ1v) is 8.13. The Morgan fingerprint density at radius 2 is 1.80 bits per heavy atom. The molecule has 3 aromatic carbocycles. The fourth-order valence-corrected chi connectivity index (χ4v) is 3.28. The number of hydrogen-bond donors (Lipinski definition) is 0. The first kappa shape index (κ1) is 15.5. The van der Waals surface area contributed by atoms with E-state index >= 15 is 0 Å². The summed E-state index contributed by atoms with van der Waals surface area (Å²) in [5.74, 6) is -0.942. The van der Waals surface area contributed by atoms with Crippen molar-refractivity contribution in [2.75, 3.05) is 0 Å². The molecule has 1 atom stereocenters. The lowest BCUT2D eigenvalue weighted by molar-refractivity contribution is -0.140. The molecule has 0 radical (unpaired) electrons. The lowest BCUT2D eigenvalue weighted by Crippen LogP contribution is -2.29. The smallest absolute Gasteiger partial charge is 0.315 e. The van der Waals surface area contributed by atoms with E-state index in [1.54, 1.807) is 6.07 Å².